The molecule has 7 heteroatoms. The largest absolute Gasteiger partial charge is 0.397 e. The second kappa shape index (κ2) is 10.2. The van der Waals surface area contributed by atoms with Crippen molar-refractivity contribution in [3.05, 3.63) is 82.7 Å². The van der Waals surface area contributed by atoms with Crippen LogP contribution in [0.2, 0.25) is 0 Å². The number of nitrogens with zero attached hydrogens (tertiary/aromatic N) is 2. The summed E-state index contributed by atoms with van der Waals surface area (Å²) in [5.74, 6) is 5.65. The highest BCUT2D eigenvalue weighted by atomic mass is 16.3. The Morgan fingerprint density at radius 1 is 1.21 bits per heavy atom. The van der Waals surface area contributed by atoms with Gasteiger partial charge >= 0.3 is 0 Å². The number of nitrogens with two attached hydrogens (primary N) is 2. The number of aliphatic hydroxyl groups is 1. The number of pyridine rings is 1. The first-order valence-corrected chi connectivity index (χ1v) is 11.4. The molecule has 1 aromatic heterocycles. The quantitative estimate of drug-likeness (QED) is 0.226. The highest BCUT2D eigenvalue weighted by molar-refractivity contribution is 5.96. The number of hydrogen-bond donors (Lipinski definition) is 4. The zero-order valence-corrected chi connectivity index (χ0v) is 20.6. The number of carbonyl (C=O) groups is 1. The molecule has 3 rings (SSSR count). The molecule has 0 aliphatic heterocycles. The number of aliphatic hydroxyl groups excluding tert-OH is 1. The smallest absolute Gasteiger partial charge is 0.231 e. The number of nitrogen functional groups attached to an aromatic ring is 1. The average Bonchev–Trinajstić information content (AvgIpc) is 2.83. The SMILES string of the molecule is CCN(N)c1ccc(C(c2ccc(C)c(CO)c2)C(C)(C)C(=O)Nc2cccnc2)c(C)c1N. The molecule has 34 heavy (non-hydrogen) atoms. The summed E-state index contributed by atoms with van der Waals surface area (Å²) in [6.45, 7) is 10.3. The fourth-order valence-electron chi connectivity index (χ4n) is 4.35. The zero-order valence-electron chi connectivity index (χ0n) is 20.6. The van der Waals surface area contributed by atoms with Gasteiger partial charge in [0.25, 0.3) is 0 Å². The third kappa shape index (κ3) is 4.90. The third-order valence-corrected chi connectivity index (χ3v) is 6.60. The van der Waals surface area contributed by atoms with Gasteiger partial charge < -0.3 is 21.2 Å². The van der Waals surface area contributed by atoms with Crippen LogP contribution in [-0.2, 0) is 11.4 Å². The van der Waals surface area contributed by atoms with Crippen LogP contribution in [0.3, 0.4) is 0 Å². The summed E-state index contributed by atoms with van der Waals surface area (Å²) in [5, 5.41) is 14.5. The molecular weight excluding hydrogens is 426 g/mol. The van der Waals surface area contributed by atoms with Crippen molar-refractivity contribution >= 4 is 23.0 Å². The first kappa shape index (κ1) is 25.2. The van der Waals surface area contributed by atoms with Crippen molar-refractivity contribution in [1.82, 2.24) is 4.98 Å². The van der Waals surface area contributed by atoms with Gasteiger partial charge in [-0.2, -0.15) is 0 Å². The molecule has 180 valence electrons. The van der Waals surface area contributed by atoms with Gasteiger partial charge in [0.1, 0.15) is 0 Å². The van der Waals surface area contributed by atoms with E-state index in [1.807, 2.05) is 71.0 Å². The van der Waals surface area contributed by atoms with Gasteiger partial charge in [0.05, 0.1) is 35.3 Å². The monoisotopic (exact) mass is 461 g/mol. The number of amides is 1. The molecule has 2 aromatic carbocycles. The molecule has 0 radical (unpaired) electrons. The lowest BCUT2D eigenvalue weighted by Crippen LogP contribution is -2.37. The van der Waals surface area contributed by atoms with Gasteiger partial charge in [0.15, 0.2) is 0 Å². The first-order chi connectivity index (χ1) is 16.1. The maximum atomic E-state index is 13.6. The van der Waals surface area contributed by atoms with Crippen molar-refractivity contribution in [2.75, 3.05) is 22.6 Å². The van der Waals surface area contributed by atoms with E-state index < -0.39 is 5.41 Å². The Balaban J connectivity index is 2.17. The highest BCUT2D eigenvalue weighted by Gasteiger charge is 2.40. The number of nitrogens with one attached hydrogen (secondary N) is 1. The lowest BCUT2D eigenvalue weighted by molar-refractivity contribution is -0.124. The van der Waals surface area contributed by atoms with Crippen molar-refractivity contribution in [2.45, 2.75) is 47.1 Å². The molecular formula is C27H35N5O2. The normalized spacial score (nSPS) is 12.3. The van der Waals surface area contributed by atoms with Crippen molar-refractivity contribution in [3.8, 4) is 0 Å². The van der Waals surface area contributed by atoms with Gasteiger partial charge in [-0.25, -0.2) is 5.84 Å². The minimum Gasteiger partial charge on any atom is -0.397 e. The number of aromatic nitrogens is 1. The van der Waals surface area contributed by atoms with Crippen LogP contribution < -0.4 is 21.9 Å². The van der Waals surface area contributed by atoms with Gasteiger partial charge in [-0.05, 0) is 66.8 Å². The molecule has 7 nitrogen and oxygen atoms in total. The van der Waals surface area contributed by atoms with E-state index in [0.717, 1.165) is 33.5 Å². The molecule has 1 heterocycles. The summed E-state index contributed by atoms with van der Waals surface area (Å²) in [6, 6.07) is 13.5. The molecule has 0 saturated carbocycles. The van der Waals surface area contributed by atoms with Gasteiger partial charge in [-0.3, -0.25) is 9.78 Å². The van der Waals surface area contributed by atoms with Crippen molar-refractivity contribution < 1.29 is 9.90 Å². The van der Waals surface area contributed by atoms with Crippen molar-refractivity contribution in [3.63, 3.8) is 0 Å². The second-order valence-corrected chi connectivity index (χ2v) is 9.19. The fraction of sp³-hybridized carbons (Fsp3) is 0.333. The maximum Gasteiger partial charge on any atom is 0.231 e. The molecule has 1 unspecified atom stereocenters. The number of hydrazine groups is 1. The van der Waals surface area contributed by atoms with E-state index >= 15 is 0 Å². The van der Waals surface area contributed by atoms with E-state index in [0.29, 0.717) is 17.9 Å². The van der Waals surface area contributed by atoms with Crippen LogP contribution in [0.25, 0.3) is 0 Å². The van der Waals surface area contributed by atoms with Gasteiger partial charge in [0.2, 0.25) is 5.91 Å². The van der Waals surface area contributed by atoms with E-state index in [1.54, 1.807) is 23.5 Å². The van der Waals surface area contributed by atoms with Crippen LogP contribution in [0.5, 0.6) is 0 Å². The Kier molecular flexibility index (Phi) is 7.59. The van der Waals surface area contributed by atoms with Crippen LogP contribution in [-0.4, -0.2) is 22.5 Å². The number of rotatable bonds is 8. The van der Waals surface area contributed by atoms with Crippen LogP contribution >= 0.6 is 0 Å². The first-order valence-electron chi connectivity index (χ1n) is 11.4. The summed E-state index contributed by atoms with van der Waals surface area (Å²) in [5.41, 5.74) is 12.2. The molecule has 1 amide bonds. The maximum absolute atomic E-state index is 13.6. The lowest BCUT2D eigenvalue weighted by atomic mass is 9.69. The second-order valence-electron chi connectivity index (χ2n) is 9.19. The van der Waals surface area contributed by atoms with Crippen molar-refractivity contribution in [2.24, 2.45) is 11.3 Å². The molecule has 0 aliphatic carbocycles. The minimum absolute atomic E-state index is 0.0760. The average molecular weight is 462 g/mol. The molecule has 1 atom stereocenters. The van der Waals surface area contributed by atoms with E-state index in [4.69, 9.17) is 11.6 Å². The number of benzene rings is 2. The van der Waals surface area contributed by atoms with Gasteiger partial charge in [-0.1, -0.05) is 38.1 Å². The highest BCUT2D eigenvalue weighted by Crippen LogP contribution is 2.45. The Hall–Kier alpha value is -3.42. The molecule has 6 N–H and O–H groups in total. The summed E-state index contributed by atoms with van der Waals surface area (Å²) in [6.07, 6.45) is 3.29. The summed E-state index contributed by atoms with van der Waals surface area (Å²) in [7, 11) is 0. The molecule has 3 aromatic rings. The standard InChI is InChI=1S/C27H35N5O2/c1-6-32(29)23-12-11-22(18(3)25(23)28)24(19-10-9-17(2)20(14-19)16-33)27(4,5)26(34)31-21-8-7-13-30-15-21/h7-15,24,33H,6,16,28-29H2,1-5H3,(H,31,34). The van der Waals surface area contributed by atoms with E-state index in [2.05, 4.69) is 10.3 Å². The van der Waals surface area contributed by atoms with Crippen LogP contribution in [0.15, 0.2) is 54.9 Å². The minimum atomic E-state index is -0.871. The third-order valence-electron chi connectivity index (χ3n) is 6.60. The van der Waals surface area contributed by atoms with E-state index in [1.165, 1.54) is 0 Å². The van der Waals surface area contributed by atoms with Crippen LogP contribution in [0.4, 0.5) is 17.1 Å². The Bertz CT molecular complexity index is 1160. The zero-order chi connectivity index (χ0) is 25.0. The topological polar surface area (TPSA) is 118 Å². The number of carbonyl (C=O) groups excluding carboxylic acids is 1. The molecule has 0 bridgehead atoms. The van der Waals surface area contributed by atoms with Crippen LogP contribution in [0, 0.1) is 19.3 Å². The molecule has 0 aliphatic rings. The number of aryl methyl sites for hydroxylation is 1. The summed E-state index contributed by atoms with van der Waals surface area (Å²) in [4.78, 5) is 17.7. The Labute approximate surface area is 201 Å². The summed E-state index contributed by atoms with van der Waals surface area (Å²) < 4.78 is 0. The molecule has 0 spiro atoms. The number of anilines is 3. The predicted molar refractivity (Wildman–Crippen MR) is 138 cm³/mol. The molecule has 0 saturated heterocycles. The number of hydrogen-bond acceptors (Lipinski definition) is 6. The van der Waals surface area contributed by atoms with Gasteiger partial charge in [0, 0.05) is 18.7 Å². The van der Waals surface area contributed by atoms with E-state index in [9.17, 15) is 9.90 Å². The molecule has 0 fully saturated rings. The predicted octanol–water partition coefficient (Wildman–Crippen LogP) is 4.27. The lowest BCUT2D eigenvalue weighted by Gasteiger charge is -2.36. The fourth-order valence-corrected chi connectivity index (χ4v) is 4.35. The van der Waals surface area contributed by atoms with E-state index in [-0.39, 0.29) is 18.4 Å². The Morgan fingerprint density at radius 3 is 2.56 bits per heavy atom. The van der Waals surface area contributed by atoms with Crippen molar-refractivity contribution in [1.29, 1.82) is 0 Å². The van der Waals surface area contributed by atoms with Gasteiger partial charge in [-0.15, -0.1) is 0 Å². The summed E-state index contributed by atoms with van der Waals surface area (Å²) >= 11 is 0. The van der Waals surface area contributed by atoms with Crippen LogP contribution in [0.1, 0.15) is 54.5 Å². The Morgan fingerprint density at radius 2 is 1.94 bits per heavy atom.